The van der Waals surface area contributed by atoms with Crippen molar-refractivity contribution in [2.24, 2.45) is 0 Å². The number of carboxylic acids is 1. The zero-order valence-corrected chi connectivity index (χ0v) is 20.2. The number of carbonyl (C=O) groups excluding carboxylic acids is 1. The first-order chi connectivity index (χ1) is 16.9. The minimum atomic E-state index is -1.10. The molecule has 7 nitrogen and oxygen atoms in total. The lowest BCUT2D eigenvalue weighted by atomic mass is 10.0. The lowest BCUT2D eigenvalue weighted by molar-refractivity contribution is -0.137. The van der Waals surface area contributed by atoms with Crippen molar-refractivity contribution in [2.45, 2.75) is 6.61 Å². The summed E-state index contributed by atoms with van der Waals surface area (Å²) in [4.78, 5) is 29.2. The summed E-state index contributed by atoms with van der Waals surface area (Å²) in [6.45, 7) is 0.407. The molecule has 11 heteroatoms. The van der Waals surface area contributed by atoms with Gasteiger partial charge >= 0.3 is 5.97 Å². The van der Waals surface area contributed by atoms with Crippen LogP contribution < -0.4 is 10.1 Å². The van der Waals surface area contributed by atoms with E-state index in [1.807, 2.05) is 0 Å². The molecule has 0 bridgehead atoms. The molecule has 0 aliphatic heterocycles. The number of nitrogens with zero attached hydrogens (tertiary/aromatic N) is 2. The predicted molar refractivity (Wildman–Crippen MR) is 131 cm³/mol. The first kappa shape index (κ1) is 24.7. The summed E-state index contributed by atoms with van der Waals surface area (Å²) < 4.78 is 34.5. The fourth-order valence-corrected chi connectivity index (χ4v) is 5.07. The third-order valence-electron chi connectivity index (χ3n) is 5.17. The highest BCUT2D eigenvalue weighted by molar-refractivity contribution is 7.17. The van der Waals surface area contributed by atoms with Crippen molar-refractivity contribution in [1.29, 1.82) is 0 Å². The molecule has 0 fully saturated rings. The van der Waals surface area contributed by atoms with Crippen molar-refractivity contribution >= 4 is 44.6 Å². The summed E-state index contributed by atoms with van der Waals surface area (Å²) in [6.07, 6.45) is 0. The number of ether oxygens (including phenoxy) is 1. The van der Waals surface area contributed by atoms with Crippen LogP contribution in [0.2, 0.25) is 0 Å². The number of fused-ring (bicyclic) bond motifs is 1. The van der Waals surface area contributed by atoms with Crippen LogP contribution in [-0.4, -0.2) is 53.5 Å². The van der Waals surface area contributed by atoms with Crippen molar-refractivity contribution in [3.05, 3.63) is 69.5 Å². The average Bonchev–Trinajstić information content (AvgIpc) is 3.53. The van der Waals surface area contributed by atoms with Crippen LogP contribution in [0.3, 0.4) is 0 Å². The molecule has 0 spiro atoms. The molecule has 2 heterocycles. The Morgan fingerprint density at radius 3 is 2.66 bits per heavy atom. The largest absolute Gasteiger partial charge is 0.486 e. The van der Waals surface area contributed by atoms with Gasteiger partial charge in [-0.25, -0.2) is 13.8 Å². The van der Waals surface area contributed by atoms with Gasteiger partial charge in [0.15, 0.2) is 11.6 Å². The van der Waals surface area contributed by atoms with Crippen LogP contribution in [0.25, 0.3) is 21.2 Å². The summed E-state index contributed by atoms with van der Waals surface area (Å²) >= 11 is 2.59. The second-order valence-corrected chi connectivity index (χ2v) is 9.41. The van der Waals surface area contributed by atoms with Gasteiger partial charge in [-0.2, -0.15) is 0 Å². The Morgan fingerprint density at radius 2 is 1.94 bits per heavy atom. The molecule has 1 amide bonds. The molecular weight excluding hydrogens is 496 g/mol. The van der Waals surface area contributed by atoms with Gasteiger partial charge in [-0.15, -0.1) is 22.7 Å². The van der Waals surface area contributed by atoms with Crippen LogP contribution >= 0.6 is 22.7 Å². The second-order valence-electron chi connectivity index (χ2n) is 7.55. The van der Waals surface area contributed by atoms with Crippen molar-refractivity contribution in [3.63, 3.8) is 0 Å². The second kappa shape index (κ2) is 10.9. The quantitative estimate of drug-likeness (QED) is 0.319. The van der Waals surface area contributed by atoms with Gasteiger partial charge in [-0.1, -0.05) is 12.1 Å². The van der Waals surface area contributed by atoms with Crippen LogP contribution in [0.15, 0.2) is 47.2 Å². The number of thiophene rings is 1. The van der Waals surface area contributed by atoms with Gasteiger partial charge in [0, 0.05) is 34.1 Å². The van der Waals surface area contributed by atoms with Crippen molar-refractivity contribution in [3.8, 4) is 16.9 Å². The molecule has 0 radical (unpaired) electrons. The highest BCUT2D eigenvalue weighted by Crippen LogP contribution is 2.36. The summed E-state index contributed by atoms with van der Waals surface area (Å²) in [7, 11) is 1.72. The number of benzene rings is 2. The van der Waals surface area contributed by atoms with Gasteiger partial charge in [-0.3, -0.25) is 9.59 Å². The van der Waals surface area contributed by atoms with Gasteiger partial charge in [0.05, 0.1) is 0 Å². The number of rotatable bonds is 10. The minimum absolute atomic E-state index is 0.118. The highest BCUT2D eigenvalue weighted by atomic mass is 32.1. The zero-order valence-electron chi connectivity index (χ0n) is 18.6. The first-order valence-electron chi connectivity index (χ1n) is 10.6. The van der Waals surface area contributed by atoms with E-state index >= 15 is 0 Å². The molecule has 0 saturated heterocycles. The van der Waals surface area contributed by atoms with E-state index in [2.05, 4.69) is 10.3 Å². The smallest absolute Gasteiger partial charge is 0.323 e. The molecule has 0 aliphatic carbocycles. The number of thiazole rings is 1. The molecule has 2 N–H and O–H groups in total. The van der Waals surface area contributed by atoms with Crippen LogP contribution in [0.1, 0.15) is 15.5 Å². The number of halogens is 2. The topological polar surface area (TPSA) is 91.8 Å². The molecule has 182 valence electrons. The van der Waals surface area contributed by atoms with Crippen molar-refractivity contribution < 1.29 is 28.2 Å². The van der Waals surface area contributed by atoms with Gasteiger partial charge < -0.3 is 20.1 Å². The molecule has 35 heavy (non-hydrogen) atoms. The monoisotopic (exact) mass is 517 g/mol. The van der Waals surface area contributed by atoms with E-state index in [-0.39, 0.29) is 24.2 Å². The van der Waals surface area contributed by atoms with E-state index in [1.165, 1.54) is 33.6 Å². The summed E-state index contributed by atoms with van der Waals surface area (Å²) in [6, 6.07) is 9.74. The Morgan fingerprint density at radius 1 is 1.17 bits per heavy atom. The number of likely N-dealkylation sites (N-methyl/N-ethyl adjacent to an activating group) is 1. The maximum atomic E-state index is 14.0. The normalized spacial score (nSPS) is 11.1. The Balaban J connectivity index is 1.42. The van der Waals surface area contributed by atoms with Gasteiger partial charge in [0.25, 0.3) is 5.91 Å². The van der Waals surface area contributed by atoms with E-state index in [9.17, 15) is 18.4 Å². The van der Waals surface area contributed by atoms with E-state index in [1.54, 1.807) is 48.1 Å². The third-order valence-corrected chi connectivity index (χ3v) is 6.94. The lowest BCUT2D eigenvalue weighted by Gasteiger charge is -2.19. The molecule has 0 aliphatic rings. The van der Waals surface area contributed by atoms with E-state index in [0.29, 0.717) is 27.6 Å². The number of aliphatic carboxylic acids is 1. The van der Waals surface area contributed by atoms with Gasteiger partial charge in [0.1, 0.15) is 29.6 Å². The summed E-state index contributed by atoms with van der Waals surface area (Å²) in [5.74, 6) is -2.75. The highest BCUT2D eigenvalue weighted by Gasteiger charge is 2.21. The van der Waals surface area contributed by atoms with E-state index in [4.69, 9.17) is 9.84 Å². The van der Waals surface area contributed by atoms with E-state index < -0.39 is 30.1 Å². The first-order valence-corrected chi connectivity index (χ1v) is 12.3. The standard InChI is InChI=1S/C24H21F2N3O4S2/c1-27-7-8-29(11-21(30)31)24(32)19-13-35-20(28-19)12-33-15-4-2-14(3-5-15)17-10-18(25)22(26)16-6-9-34-23(16)17/h2-6,9-10,13,27H,7-8,11-12H2,1H3,(H,30,31). The number of hydrogen-bond donors (Lipinski definition) is 2. The molecule has 2 aromatic carbocycles. The SMILES string of the molecule is CNCCN(CC(=O)O)C(=O)c1csc(COc2ccc(-c3cc(F)c(F)c4ccsc34)cc2)n1. The third kappa shape index (κ3) is 5.64. The number of carboxylic acid groups (broad SMARTS) is 1. The molecule has 4 aromatic rings. The Labute approximate surface area is 207 Å². The molecule has 0 unspecified atom stereocenters. The summed E-state index contributed by atoms with van der Waals surface area (Å²) in [5.41, 5.74) is 1.50. The van der Waals surface area contributed by atoms with Crippen LogP contribution in [0.5, 0.6) is 5.75 Å². The fraction of sp³-hybridized carbons (Fsp3) is 0.208. The lowest BCUT2D eigenvalue weighted by Crippen LogP contribution is -2.39. The molecule has 2 aromatic heterocycles. The Hall–Kier alpha value is -3.41. The predicted octanol–water partition coefficient (Wildman–Crippen LogP) is 4.63. The van der Waals surface area contributed by atoms with Crippen molar-refractivity contribution in [2.75, 3.05) is 26.7 Å². The number of hydrogen-bond acceptors (Lipinski definition) is 7. The van der Waals surface area contributed by atoms with Gasteiger partial charge in [-0.05, 0) is 42.3 Å². The van der Waals surface area contributed by atoms with Gasteiger partial charge in [0.2, 0.25) is 0 Å². The number of amides is 1. The van der Waals surface area contributed by atoms with Crippen LogP contribution in [-0.2, 0) is 11.4 Å². The summed E-state index contributed by atoms with van der Waals surface area (Å²) in [5, 5.41) is 16.1. The Bertz CT molecular complexity index is 1350. The van der Waals surface area contributed by atoms with Crippen LogP contribution in [0, 0.1) is 11.6 Å². The van der Waals surface area contributed by atoms with Crippen molar-refractivity contribution in [1.82, 2.24) is 15.2 Å². The number of nitrogens with one attached hydrogen (secondary N) is 1. The Kier molecular flexibility index (Phi) is 7.69. The molecule has 0 saturated carbocycles. The number of carbonyl (C=O) groups is 2. The maximum absolute atomic E-state index is 14.0. The minimum Gasteiger partial charge on any atom is -0.486 e. The average molecular weight is 518 g/mol. The maximum Gasteiger partial charge on any atom is 0.323 e. The number of aromatic nitrogens is 1. The zero-order chi connectivity index (χ0) is 24.9. The van der Waals surface area contributed by atoms with Crippen LogP contribution in [0.4, 0.5) is 8.78 Å². The van der Waals surface area contributed by atoms with E-state index in [0.717, 1.165) is 5.56 Å². The molecule has 0 atom stereocenters. The molecule has 4 rings (SSSR count). The molecular formula is C24H21F2N3O4S2. The fourth-order valence-electron chi connectivity index (χ4n) is 3.47.